The molecule has 0 aromatic heterocycles. The van der Waals surface area contributed by atoms with Crippen molar-refractivity contribution in [3.8, 4) is 0 Å². The normalized spacial score (nSPS) is 15.7. The summed E-state index contributed by atoms with van der Waals surface area (Å²) in [7, 11) is 0. The fraction of sp³-hybridized carbons (Fsp3) is 1.00. The van der Waals surface area contributed by atoms with Crippen LogP contribution in [0.1, 0.15) is 58.8 Å². The van der Waals surface area contributed by atoms with Crippen LogP contribution >= 0.6 is 0 Å². The first-order valence-corrected chi connectivity index (χ1v) is 5.49. The second-order valence-electron chi connectivity index (χ2n) is 4.04. The molecule has 2 N–H and O–H groups in total. The average molecular weight is 188 g/mol. The first-order chi connectivity index (χ1) is 6.13. The van der Waals surface area contributed by atoms with Crippen LogP contribution in [0.4, 0.5) is 0 Å². The monoisotopic (exact) mass is 188 g/mol. The summed E-state index contributed by atoms with van der Waals surface area (Å²) in [5.41, 5.74) is 0. The van der Waals surface area contributed by atoms with E-state index in [4.69, 9.17) is 10.2 Å². The summed E-state index contributed by atoms with van der Waals surface area (Å²) < 4.78 is 0. The molecular formula is C11H24O2. The van der Waals surface area contributed by atoms with Crippen LogP contribution in [0, 0.1) is 0 Å². The topological polar surface area (TPSA) is 40.5 Å². The quantitative estimate of drug-likeness (QED) is 0.574. The van der Waals surface area contributed by atoms with Crippen LogP contribution in [0.15, 0.2) is 0 Å². The van der Waals surface area contributed by atoms with Gasteiger partial charge >= 0.3 is 0 Å². The van der Waals surface area contributed by atoms with Gasteiger partial charge in [0.1, 0.15) is 0 Å². The standard InChI is InChI=1S/C11H24O2/c1-10(12)8-6-4-3-5-7-9-11(2)13/h10-13H,3-9H2,1-2H3/t10-,11-/m1/s1. The van der Waals surface area contributed by atoms with Crippen molar-refractivity contribution in [3.63, 3.8) is 0 Å². The molecule has 2 heteroatoms. The van der Waals surface area contributed by atoms with E-state index >= 15 is 0 Å². The molecule has 0 aromatic rings. The summed E-state index contributed by atoms with van der Waals surface area (Å²) in [6.45, 7) is 3.68. The third kappa shape index (κ3) is 11.9. The summed E-state index contributed by atoms with van der Waals surface area (Å²) in [6, 6.07) is 0. The van der Waals surface area contributed by atoms with Gasteiger partial charge in [-0.3, -0.25) is 0 Å². The molecule has 0 aromatic carbocycles. The van der Waals surface area contributed by atoms with E-state index in [0.717, 1.165) is 25.7 Å². The Labute approximate surface area is 82.0 Å². The maximum Gasteiger partial charge on any atom is 0.0512 e. The molecule has 0 saturated heterocycles. The van der Waals surface area contributed by atoms with Crippen molar-refractivity contribution >= 4 is 0 Å². The largest absolute Gasteiger partial charge is 0.393 e. The van der Waals surface area contributed by atoms with Gasteiger partial charge in [-0.2, -0.15) is 0 Å². The summed E-state index contributed by atoms with van der Waals surface area (Å²) >= 11 is 0. The molecule has 0 aliphatic heterocycles. The number of hydrogen-bond donors (Lipinski definition) is 2. The lowest BCUT2D eigenvalue weighted by Gasteiger charge is -2.05. The maximum absolute atomic E-state index is 8.99. The Morgan fingerprint density at radius 1 is 0.692 bits per heavy atom. The molecule has 0 spiro atoms. The number of aliphatic hydroxyl groups excluding tert-OH is 2. The zero-order valence-electron chi connectivity index (χ0n) is 9.00. The Morgan fingerprint density at radius 2 is 1.00 bits per heavy atom. The van der Waals surface area contributed by atoms with Gasteiger partial charge in [0, 0.05) is 0 Å². The Balaban J connectivity index is 2.92. The summed E-state index contributed by atoms with van der Waals surface area (Å²) in [4.78, 5) is 0. The number of hydrogen-bond acceptors (Lipinski definition) is 2. The van der Waals surface area contributed by atoms with Crippen LogP contribution in [0.25, 0.3) is 0 Å². The van der Waals surface area contributed by atoms with Gasteiger partial charge in [-0.05, 0) is 26.7 Å². The number of aliphatic hydroxyl groups is 2. The van der Waals surface area contributed by atoms with Gasteiger partial charge in [-0.25, -0.2) is 0 Å². The summed E-state index contributed by atoms with van der Waals surface area (Å²) in [5.74, 6) is 0. The molecule has 2 atom stereocenters. The molecule has 0 amide bonds. The van der Waals surface area contributed by atoms with E-state index in [9.17, 15) is 0 Å². The van der Waals surface area contributed by atoms with Crippen LogP contribution in [-0.4, -0.2) is 22.4 Å². The minimum absolute atomic E-state index is 0.141. The smallest absolute Gasteiger partial charge is 0.0512 e. The molecule has 0 saturated carbocycles. The molecule has 0 aliphatic carbocycles. The highest BCUT2D eigenvalue weighted by atomic mass is 16.3. The Bertz CT molecular complexity index is 88.3. The van der Waals surface area contributed by atoms with Crippen LogP contribution < -0.4 is 0 Å². The first-order valence-electron chi connectivity index (χ1n) is 5.49. The van der Waals surface area contributed by atoms with Crippen LogP contribution in [0.2, 0.25) is 0 Å². The first kappa shape index (κ1) is 12.9. The predicted molar refractivity (Wildman–Crippen MR) is 55.7 cm³/mol. The molecule has 2 nitrogen and oxygen atoms in total. The van der Waals surface area contributed by atoms with E-state index in [1.807, 2.05) is 13.8 Å². The highest BCUT2D eigenvalue weighted by Crippen LogP contribution is 2.09. The number of rotatable bonds is 8. The lowest BCUT2D eigenvalue weighted by Crippen LogP contribution is -1.99. The molecule has 0 bridgehead atoms. The van der Waals surface area contributed by atoms with Gasteiger partial charge < -0.3 is 10.2 Å². The molecule has 0 unspecified atom stereocenters. The Hall–Kier alpha value is -0.0800. The highest BCUT2D eigenvalue weighted by Gasteiger charge is 1.97. The van der Waals surface area contributed by atoms with Crippen LogP contribution in [0.3, 0.4) is 0 Å². The van der Waals surface area contributed by atoms with Crippen LogP contribution in [0.5, 0.6) is 0 Å². The second-order valence-corrected chi connectivity index (χ2v) is 4.04. The summed E-state index contributed by atoms with van der Waals surface area (Å²) in [5, 5.41) is 18.0. The van der Waals surface area contributed by atoms with Gasteiger partial charge in [0.15, 0.2) is 0 Å². The van der Waals surface area contributed by atoms with E-state index < -0.39 is 0 Å². The van der Waals surface area contributed by atoms with E-state index in [-0.39, 0.29) is 12.2 Å². The van der Waals surface area contributed by atoms with E-state index in [2.05, 4.69) is 0 Å². The average Bonchev–Trinajstić information content (AvgIpc) is 2.01. The zero-order chi connectivity index (χ0) is 10.1. The molecule has 13 heavy (non-hydrogen) atoms. The fourth-order valence-electron chi connectivity index (χ4n) is 1.41. The van der Waals surface area contributed by atoms with Crippen LogP contribution in [-0.2, 0) is 0 Å². The van der Waals surface area contributed by atoms with Crippen molar-refractivity contribution in [1.29, 1.82) is 0 Å². The minimum atomic E-state index is -0.141. The molecule has 0 rings (SSSR count). The summed E-state index contributed by atoms with van der Waals surface area (Å²) in [6.07, 6.45) is 7.50. The van der Waals surface area contributed by atoms with Crippen molar-refractivity contribution in [2.75, 3.05) is 0 Å². The molecule has 0 radical (unpaired) electrons. The van der Waals surface area contributed by atoms with Gasteiger partial charge in [0.2, 0.25) is 0 Å². The van der Waals surface area contributed by atoms with E-state index in [1.54, 1.807) is 0 Å². The maximum atomic E-state index is 8.99. The lowest BCUT2D eigenvalue weighted by atomic mass is 10.1. The van der Waals surface area contributed by atoms with E-state index in [0.29, 0.717) is 0 Å². The fourth-order valence-corrected chi connectivity index (χ4v) is 1.41. The second kappa shape index (κ2) is 8.52. The Kier molecular flexibility index (Phi) is 8.46. The van der Waals surface area contributed by atoms with Gasteiger partial charge in [0.05, 0.1) is 12.2 Å². The minimum Gasteiger partial charge on any atom is -0.393 e. The number of unbranched alkanes of at least 4 members (excludes halogenated alkanes) is 4. The van der Waals surface area contributed by atoms with Gasteiger partial charge in [-0.15, -0.1) is 0 Å². The molecular weight excluding hydrogens is 164 g/mol. The Morgan fingerprint density at radius 3 is 1.31 bits per heavy atom. The van der Waals surface area contributed by atoms with Gasteiger partial charge in [0.25, 0.3) is 0 Å². The van der Waals surface area contributed by atoms with Crippen molar-refractivity contribution in [3.05, 3.63) is 0 Å². The predicted octanol–water partition coefficient (Wildman–Crippen LogP) is 2.48. The van der Waals surface area contributed by atoms with Crippen molar-refractivity contribution < 1.29 is 10.2 Å². The third-order valence-electron chi connectivity index (χ3n) is 2.24. The molecule has 0 fully saturated rings. The molecule has 0 aliphatic rings. The third-order valence-corrected chi connectivity index (χ3v) is 2.24. The molecule has 80 valence electrons. The SMILES string of the molecule is C[C@@H](O)CCCCCCC[C@@H](C)O. The van der Waals surface area contributed by atoms with Crippen molar-refractivity contribution in [1.82, 2.24) is 0 Å². The lowest BCUT2D eigenvalue weighted by molar-refractivity contribution is 0.177. The highest BCUT2D eigenvalue weighted by molar-refractivity contribution is 4.51. The molecule has 0 heterocycles. The zero-order valence-corrected chi connectivity index (χ0v) is 9.00. The van der Waals surface area contributed by atoms with E-state index in [1.165, 1.54) is 19.3 Å². The van der Waals surface area contributed by atoms with Gasteiger partial charge in [-0.1, -0.05) is 32.1 Å². The van der Waals surface area contributed by atoms with Crippen molar-refractivity contribution in [2.24, 2.45) is 0 Å². The van der Waals surface area contributed by atoms with Crippen molar-refractivity contribution in [2.45, 2.75) is 71.0 Å².